The van der Waals surface area contributed by atoms with Crippen molar-refractivity contribution in [3.63, 3.8) is 0 Å². The number of hydrogen-bond donors (Lipinski definition) is 1. The van der Waals surface area contributed by atoms with E-state index in [1.807, 2.05) is 25.4 Å². The van der Waals surface area contributed by atoms with Crippen LogP contribution in [0.15, 0.2) is 42.7 Å². The van der Waals surface area contributed by atoms with E-state index in [1.165, 1.54) is 37.1 Å². The zero-order chi connectivity index (χ0) is 31.7. The van der Waals surface area contributed by atoms with E-state index in [9.17, 15) is 0 Å². The number of rotatable bonds is 7. The van der Waals surface area contributed by atoms with Crippen molar-refractivity contribution in [2.45, 2.75) is 34.1 Å². The second-order valence-electron chi connectivity index (χ2n) is 10.7. The molecule has 3 aromatic rings. The molecule has 0 fully saturated rings. The van der Waals surface area contributed by atoms with E-state index in [0.29, 0.717) is 0 Å². The zero-order valence-corrected chi connectivity index (χ0v) is 27.1. The molecule has 0 aliphatic carbocycles. The van der Waals surface area contributed by atoms with E-state index in [-0.39, 0.29) is 0 Å². The SMILES string of the molecule is Cc1ccnc(C)c1-c1ccc2c(c1)NCC2.Cc1ccnc(C)c1I.[B]B([B])B([B])B(B([B])[B])B(B([B])[B])B([B])[B]. The molecule has 20 heteroatoms. The predicted molar refractivity (Wildman–Crippen MR) is 210 cm³/mol. The molecule has 42 heavy (non-hydrogen) atoms. The van der Waals surface area contributed by atoms with Gasteiger partial charge in [0, 0.05) is 154 Å². The minimum absolute atomic E-state index is 0.556. The Labute approximate surface area is 282 Å². The van der Waals surface area contributed by atoms with Crippen LogP contribution in [0.2, 0.25) is 0 Å². The number of hydrogen-bond acceptors (Lipinski definition) is 3. The van der Waals surface area contributed by atoms with Crippen LogP contribution in [0.3, 0.4) is 0 Å². The number of aryl methyl sites for hydroxylation is 4. The van der Waals surface area contributed by atoms with Gasteiger partial charge in [-0.3, -0.25) is 9.97 Å². The van der Waals surface area contributed by atoms with Crippen LogP contribution in [0.5, 0.6) is 0 Å². The van der Waals surface area contributed by atoms with Crippen LogP contribution >= 0.6 is 22.6 Å². The van der Waals surface area contributed by atoms with Gasteiger partial charge in [-0.15, -0.1) is 0 Å². The van der Waals surface area contributed by atoms with E-state index >= 15 is 0 Å². The van der Waals surface area contributed by atoms with Crippen molar-refractivity contribution >= 4 is 143 Å². The molecule has 2 aromatic heterocycles. The third-order valence-corrected chi connectivity index (χ3v) is 9.01. The molecule has 0 unspecified atom stereocenters. The van der Waals surface area contributed by atoms with E-state index in [2.05, 4.69) is 82.9 Å². The van der Waals surface area contributed by atoms with E-state index in [1.54, 1.807) is 0 Å². The normalized spacial score (nSPS) is 10.9. The lowest BCUT2D eigenvalue weighted by Gasteiger charge is -2.37. The summed E-state index contributed by atoms with van der Waals surface area (Å²) in [6.45, 7) is 9.39. The molecule has 0 bridgehead atoms. The Hall–Kier alpha value is -0.911. The smallest absolute Gasteiger partial charge is 0.0508 e. The maximum atomic E-state index is 5.81. The van der Waals surface area contributed by atoms with E-state index < -0.39 is 44.7 Å². The van der Waals surface area contributed by atoms with Crippen molar-refractivity contribution in [3.05, 3.63) is 74.4 Å². The van der Waals surface area contributed by atoms with Gasteiger partial charge in [0.2, 0.25) is 0 Å². The van der Waals surface area contributed by atoms with Gasteiger partial charge < -0.3 is 5.32 Å². The third kappa shape index (κ3) is 10.3. The second kappa shape index (κ2) is 17.5. The standard InChI is InChI=1S/C15H16N2.C7H8IN.B16/c1-10-5-7-16-11(2)15(10)13-4-3-12-6-8-17-14(12)9-13;1-5-3-4-9-6(2)7(5)8;1-10(2)14(9)16(13(7)8)15(11(3)4)12(5)6/h3-5,7,9,17H,6,8H2,1-2H3;3-4H,1-2H3;. The Morgan fingerprint density at radius 1 is 0.690 bits per heavy atom. The van der Waals surface area contributed by atoms with Crippen molar-refractivity contribution in [1.29, 1.82) is 0 Å². The number of halogens is 1. The highest BCUT2D eigenvalue weighted by atomic mass is 127. The highest BCUT2D eigenvalue weighted by Gasteiger charge is 2.38. The van der Waals surface area contributed by atoms with E-state index in [0.717, 1.165) is 24.4 Å². The number of fused-ring (bicyclic) bond motifs is 1. The molecule has 182 valence electrons. The first kappa shape index (κ1) is 37.3. The topological polar surface area (TPSA) is 37.8 Å². The van der Waals surface area contributed by atoms with Gasteiger partial charge >= 0.3 is 0 Å². The minimum atomic E-state index is -0.807. The summed E-state index contributed by atoms with van der Waals surface area (Å²) >= 11 is 2.31. The monoisotopic (exact) mass is 633 g/mol. The average molecular weight is 630 g/mol. The second-order valence-corrected chi connectivity index (χ2v) is 11.8. The Morgan fingerprint density at radius 2 is 1.24 bits per heavy atom. The Bertz CT molecular complexity index is 1250. The quantitative estimate of drug-likeness (QED) is 0.284. The molecule has 0 saturated carbocycles. The summed E-state index contributed by atoms with van der Waals surface area (Å²) in [4.78, 5) is 8.52. The summed E-state index contributed by atoms with van der Waals surface area (Å²) in [7, 11) is 50.4. The molecule has 4 rings (SSSR count). The summed E-state index contributed by atoms with van der Waals surface area (Å²) < 4.78 is 1.27. The van der Waals surface area contributed by atoms with E-state index in [4.69, 9.17) is 69.6 Å². The summed E-state index contributed by atoms with van der Waals surface area (Å²) in [6, 6.07) is 10.8. The lowest BCUT2D eigenvalue weighted by Crippen LogP contribution is -2.75. The maximum absolute atomic E-state index is 5.81. The fourth-order valence-corrected chi connectivity index (χ4v) is 5.37. The average Bonchev–Trinajstić information content (AvgIpc) is 3.38. The molecule has 0 spiro atoms. The van der Waals surface area contributed by atoms with Gasteiger partial charge in [0.15, 0.2) is 0 Å². The lowest BCUT2D eigenvalue weighted by atomic mass is 8.44. The molecule has 1 aliphatic heterocycles. The molecular formula is C22H24B16IN3. The predicted octanol–water partition coefficient (Wildman–Crippen LogP) is -0.456. The van der Waals surface area contributed by atoms with Crippen LogP contribution in [0.4, 0.5) is 5.69 Å². The van der Waals surface area contributed by atoms with Gasteiger partial charge in [-0.2, -0.15) is 0 Å². The fraction of sp³-hybridized carbons (Fsp3) is 0.273. The zero-order valence-electron chi connectivity index (χ0n) is 25.0. The van der Waals surface area contributed by atoms with Crippen molar-refractivity contribution in [2.24, 2.45) is 0 Å². The molecule has 0 atom stereocenters. The summed E-state index contributed by atoms with van der Waals surface area (Å²) in [5.74, 6) is 0. The Balaban J connectivity index is 0.000000231. The molecule has 1 N–H and O–H groups in total. The maximum Gasteiger partial charge on any atom is 0.0508 e. The van der Waals surface area contributed by atoms with Gasteiger partial charge in [-0.1, -0.05) is 12.1 Å². The number of nitrogens with one attached hydrogen (secondary N) is 1. The highest BCUT2D eigenvalue weighted by molar-refractivity contribution is 14.1. The molecule has 3 nitrogen and oxygen atoms in total. The number of benzene rings is 1. The Kier molecular flexibility index (Phi) is 15.6. The highest BCUT2D eigenvalue weighted by Crippen LogP contribution is 2.31. The Morgan fingerprint density at radius 3 is 1.71 bits per heavy atom. The van der Waals surface area contributed by atoms with Gasteiger partial charge in [-0.25, -0.2) is 0 Å². The summed E-state index contributed by atoms with van der Waals surface area (Å²) in [6.07, 6.45) is -0.168. The minimum Gasteiger partial charge on any atom is -0.384 e. The molecule has 3 heterocycles. The summed E-state index contributed by atoms with van der Waals surface area (Å²) in [5, 5.41) is 3.43. The van der Waals surface area contributed by atoms with Crippen LogP contribution in [-0.4, -0.2) is 131 Å². The number of nitrogens with zero attached hydrogens (tertiary/aromatic N) is 2. The van der Waals surface area contributed by atoms with Gasteiger partial charge in [0.1, 0.15) is 0 Å². The molecule has 1 aromatic carbocycles. The molecule has 0 amide bonds. The van der Waals surface area contributed by atoms with Gasteiger partial charge in [-0.05, 0) is 97.2 Å². The molecule has 18 radical (unpaired) electrons. The largest absolute Gasteiger partial charge is 0.384 e. The van der Waals surface area contributed by atoms with Crippen LogP contribution in [0, 0.1) is 31.3 Å². The van der Waals surface area contributed by atoms with Crippen LogP contribution in [0.1, 0.15) is 28.1 Å². The first-order chi connectivity index (χ1) is 19.7. The van der Waals surface area contributed by atoms with Crippen molar-refractivity contribution in [3.8, 4) is 11.1 Å². The van der Waals surface area contributed by atoms with Gasteiger partial charge in [0.05, 0.1) is 5.69 Å². The number of anilines is 1. The third-order valence-electron chi connectivity index (χ3n) is 7.38. The van der Waals surface area contributed by atoms with Crippen molar-refractivity contribution in [1.82, 2.24) is 9.97 Å². The first-order valence-corrected chi connectivity index (χ1v) is 14.9. The fourth-order valence-electron chi connectivity index (χ4n) is 5.05. The van der Waals surface area contributed by atoms with Crippen LogP contribution in [-0.2, 0) is 6.42 Å². The number of aromatic nitrogens is 2. The van der Waals surface area contributed by atoms with Crippen LogP contribution < -0.4 is 5.32 Å². The van der Waals surface area contributed by atoms with Crippen molar-refractivity contribution in [2.75, 3.05) is 11.9 Å². The molecule has 0 saturated heterocycles. The van der Waals surface area contributed by atoms with Crippen LogP contribution in [0.25, 0.3) is 11.1 Å². The van der Waals surface area contributed by atoms with Gasteiger partial charge in [0.25, 0.3) is 0 Å². The number of pyridine rings is 2. The summed E-state index contributed by atoms with van der Waals surface area (Å²) in [5.41, 5.74) is 10.1. The first-order valence-electron chi connectivity index (χ1n) is 13.8. The van der Waals surface area contributed by atoms with Crippen molar-refractivity contribution < 1.29 is 0 Å². The lowest BCUT2D eigenvalue weighted by molar-refractivity contribution is 1.11. The molecular weight excluding hydrogens is 606 g/mol. The molecule has 1 aliphatic rings.